The SMILES string of the molecule is CC[C@H]1O[C@]2(CC[C@@H]1C)C[C@@H]1C[C@@H](C/C=C(\C)[C@H](OCCc3ccc(OC)c(OC)c3)[C@@H](C)/C=C/C=C3\CO[C@H]4[C@H](O)C(C)=C[C@@H](C(=O)O1)[C@]34O)O2. The maximum absolute atomic E-state index is 14.1. The molecule has 1 aromatic carbocycles. The van der Waals surface area contributed by atoms with Crippen LogP contribution in [-0.2, 0) is 34.9 Å². The highest BCUT2D eigenvalue weighted by atomic mass is 16.7. The first kappa shape index (κ1) is 38.7. The molecule has 5 aliphatic rings. The molecule has 10 nitrogen and oxygen atoms in total. The predicted octanol–water partition coefficient (Wildman–Crippen LogP) is 6.18. The summed E-state index contributed by atoms with van der Waals surface area (Å²) in [5, 5.41) is 23.4. The van der Waals surface area contributed by atoms with Gasteiger partial charge in [-0.05, 0) is 79.9 Å². The second-order valence-corrected chi connectivity index (χ2v) is 15.5. The van der Waals surface area contributed by atoms with Crippen molar-refractivity contribution in [1.29, 1.82) is 0 Å². The molecule has 0 radical (unpaired) electrons. The van der Waals surface area contributed by atoms with E-state index in [0.29, 0.717) is 67.3 Å². The maximum atomic E-state index is 14.1. The van der Waals surface area contributed by atoms with Gasteiger partial charge in [0.15, 0.2) is 17.3 Å². The first-order valence-electron chi connectivity index (χ1n) is 19.0. The van der Waals surface area contributed by atoms with Gasteiger partial charge < -0.3 is 43.4 Å². The van der Waals surface area contributed by atoms with Crippen molar-refractivity contribution in [3.8, 4) is 11.5 Å². The van der Waals surface area contributed by atoms with E-state index in [-0.39, 0.29) is 30.8 Å². The lowest BCUT2D eigenvalue weighted by atomic mass is 9.71. The van der Waals surface area contributed by atoms with E-state index in [0.717, 1.165) is 24.0 Å². The van der Waals surface area contributed by atoms with E-state index in [1.54, 1.807) is 27.2 Å². The first-order valence-corrected chi connectivity index (χ1v) is 19.0. The molecule has 0 saturated carbocycles. The molecule has 0 aromatic heterocycles. The average Bonchev–Trinajstić information content (AvgIpc) is 3.47. The van der Waals surface area contributed by atoms with E-state index in [1.807, 2.05) is 36.4 Å². The van der Waals surface area contributed by atoms with Gasteiger partial charge in [-0.1, -0.05) is 57.2 Å². The minimum atomic E-state index is -1.77. The molecule has 2 bridgehead atoms. The Bertz CT molecular complexity index is 1560. The molecule has 0 unspecified atom stereocenters. The Morgan fingerprint density at radius 1 is 1.04 bits per heavy atom. The number of esters is 1. The zero-order chi connectivity index (χ0) is 37.2. The zero-order valence-corrected chi connectivity index (χ0v) is 31.8. The number of carbonyl (C=O) groups excluding carboxylic acids is 1. The Hall–Kier alpha value is -2.99. The van der Waals surface area contributed by atoms with Crippen molar-refractivity contribution in [3.63, 3.8) is 0 Å². The molecule has 0 amide bonds. The molecule has 286 valence electrons. The monoisotopic (exact) mass is 722 g/mol. The molecule has 2 N–H and O–H groups in total. The molecule has 1 aliphatic carbocycles. The van der Waals surface area contributed by atoms with Crippen LogP contribution in [0, 0.1) is 17.8 Å². The number of fused-ring (bicyclic) bond motifs is 2. The smallest absolute Gasteiger partial charge is 0.316 e. The molecule has 4 heterocycles. The van der Waals surface area contributed by atoms with Crippen LogP contribution in [0.2, 0.25) is 0 Å². The van der Waals surface area contributed by atoms with Crippen LogP contribution >= 0.6 is 0 Å². The van der Waals surface area contributed by atoms with Crippen molar-refractivity contribution in [2.45, 2.75) is 128 Å². The fourth-order valence-corrected chi connectivity index (χ4v) is 8.79. The van der Waals surface area contributed by atoms with E-state index in [2.05, 4.69) is 33.8 Å². The van der Waals surface area contributed by atoms with Crippen molar-refractivity contribution in [1.82, 2.24) is 0 Å². The third-order valence-corrected chi connectivity index (χ3v) is 11.9. The van der Waals surface area contributed by atoms with E-state index in [9.17, 15) is 15.0 Å². The van der Waals surface area contributed by atoms with Gasteiger partial charge in [0.05, 0.1) is 45.7 Å². The fraction of sp³-hybridized carbons (Fsp3) is 0.643. The predicted molar refractivity (Wildman–Crippen MR) is 196 cm³/mol. The van der Waals surface area contributed by atoms with Crippen molar-refractivity contribution >= 4 is 5.97 Å². The van der Waals surface area contributed by atoms with E-state index in [4.69, 9.17) is 33.2 Å². The highest BCUT2D eigenvalue weighted by Crippen LogP contribution is 2.47. The normalized spacial score (nSPS) is 40.8. The topological polar surface area (TPSA) is 122 Å². The number of rotatable bonds is 7. The number of benzene rings is 1. The molecular formula is C42H58O10. The molecule has 52 heavy (non-hydrogen) atoms. The summed E-state index contributed by atoms with van der Waals surface area (Å²) in [6.07, 6.45) is 11.3. The van der Waals surface area contributed by atoms with Crippen LogP contribution in [0.5, 0.6) is 11.5 Å². The summed E-state index contributed by atoms with van der Waals surface area (Å²) in [5.74, 6) is -0.724. The van der Waals surface area contributed by atoms with Gasteiger partial charge in [0, 0.05) is 25.2 Å². The molecule has 3 fully saturated rings. The third-order valence-electron chi connectivity index (χ3n) is 11.9. The summed E-state index contributed by atoms with van der Waals surface area (Å²) in [5.41, 5.74) is 1.48. The number of allylic oxidation sites excluding steroid dienone is 2. The Morgan fingerprint density at radius 3 is 2.58 bits per heavy atom. The second kappa shape index (κ2) is 16.2. The van der Waals surface area contributed by atoms with Crippen molar-refractivity contribution in [2.75, 3.05) is 27.4 Å². The summed E-state index contributed by atoms with van der Waals surface area (Å²) < 4.78 is 43.5. The molecule has 10 heteroatoms. The van der Waals surface area contributed by atoms with Crippen molar-refractivity contribution in [2.24, 2.45) is 17.8 Å². The molecule has 3 saturated heterocycles. The van der Waals surface area contributed by atoms with Crippen LogP contribution in [-0.4, -0.2) is 91.6 Å². The molecule has 1 spiro atoms. The number of aliphatic hydroxyl groups excluding tert-OH is 1. The summed E-state index contributed by atoms with van der Waals surface area (Å²) in [7, 11) is 3.26. The first-order chi connectivity index (χ1) is 24.9. The number of ether oxygens (including phenoxy) is 7. The second-order valence-electron chi connectivity index (χ2n) is 15.5. The number of hydrogen-bond donors (Lipinski definition) is 2. The van der Waals surface area contributed by atoms with Gasteiger partial charge in [-0.3, -0.25) is 4.79 Å². The van der Waals surface area contributed by atoms with Gasteiger partial charge in [-0.2, -0.15) is 0 Å². The van der Waals surface area contributed by atoms with E-state index < -0.39 is 41.6 Å². The summed E-state index contributed by atoms with van der Waals surface area (Å²) in [6, 6.07) is 5.90. The lowest BCUT2D eigenvalue weighted by Crippen LogP contribution is -2.58. The summed E-state index contributed by atoms with van der Waals surface area (Å²) in [6.45, 7) is 10.9. The van der Waals surface area contributed by atoms with E-state index >= 15 is 0 Å². The average molecular weight is 723 g/mol. The number of methoxy groups -OCH3 is 2. The van der Waals surface area contributed by atoms with Gasteiger partial charge in [0.1, 0.15) is 29.8 Å². The van der Waals surface area contributed by atoms with Crippen LogP contribution < -0.4 is 9.47 Å². The quantitative estimate of drug-likeness (QED) is 0.249. The maximum Gasteiger partial charge on any atom is 0.316 e. The van der Waals surface area contributed by atoms with Crippen molar-refractivity contribution in [3.05, 3.63) is 70.9 Å². The minimum absolute atomic E-state index is 0.0427. The lowest BCUT2D eigenvalue weighted by molar-refractivity contribution is -0.335. The highest BCUT2D eigenvalue weighted by Gasteiger charge is 2.60. The van der Waals surface area contributed by atoms with Gasteiger partial charge in [-0.15, -0.1) is 0 Å². The molecular weight excluding hydrogens is 664 g/mol. The van der Waals surface area contributed by atoms with Crippen molar-refractivity contribution < 1.29 is 48.2 Å². The molecule has 11 atom stereocenters. The van der Waals surface area contributed by atoms with Gasteiger partial charge in [-0.25, -0.2) is 0 Å². The van der Waals surface area contributed by atoms with Crippen LogP contribution in [0.25, 0.3) is 0 Å². The van der Waals surface area contributed by atoms with Crippen LogP contribution in [0.3, 0.4) is 0 Å². The third kappa shape index (κ3) is 7.79. The van der Waals surface area contributed by atoms with Crippen LogP contribution in [0.4, 0.5) is 0 Å². The van der Waals surface area contributed by atoms with Gasteiger partial charge >= 0.3 is 5.97 Å². The molecule has 4 aliphatic heterocycles. The fourth-order valence-electron chi connectivity index (χ4n) is 8.79. The highest BCUT2D eigenvalue weighted by molar-refractivity contribution is 5.78. The minimum Gasteiger partial charge on any atom is -0.493 e. The Kier molecular flexibility index (Phi) is 12.0. The van der Waals surface area contributed by atoms with Crippen LogP contribution in [0.15, 0.2) is 65.3 Å². The van der Waals surface area contributed by atoms with Gasteiger partial charge in [0.25, 0.3) is 0 Å². The zero-order valence-electron chi connectivity index (χ0n) is 31.8. The number of carbonyl (C=O) groups is 1. The van der Waals surface area contributed by atoms with Gasteiger partial charge in [0.2, 0.25) is 0 Å². The van der Waals surface area contributed by atoms with Crippen LogP contribution in [0.1, 0.15) is 78.7 Å². The Balaban J connectivity index is 1.33. The largest absolute Gasteiger partial charge is 0.493 e. The molecule has 6 rings (SSSR count). The Labute approximate surface area is 308 Å². The summed E-state index contributed by atoms with van der Waals surface area (Å²) in [4.78, 5) is 14.1. The standard InChI is InChI=1S/C42H58O10/c1-8-34-25(2)16-18-41(52-34)23-32-22-31(51-41)14-12-27(4)38(48-19-17-29-13-15-35(46-6)36(21-29)47-7)26(3)10-9-11-30-24-49-39-37(43)28(5)20-33(40(44)50-32)42(30,39)45/h9-13,15,20-21,25-26,31-34,37-39,43,45H,8,14,16-19,22-24H2,1-7H3/b10-9+,27-12+,30-11+/t25-,26-,31+,32-,33-,34+,37+,38+,39-,41+,42+/m0/s1. The Morgan fingerprint density at radius 2 is 1.83 bits per heavy atom. The molecule has 1 aromatic rings. The summed E-state index contributed by atoms with van der Waals surface area (Å²) >= 11 is 0. The lowest BCUT2D eigenvalue weighted by Gasteiger charge is -2.50. The number of hydrogen-bond acceptors (Lipinski definition) is 10. The van der Waals surface area contributed by atoms with E-state index in [1.165, 1.54) is 0 Å². The number of aliphatic hydroxyl groups is 2.